The number of para-hydroxylation sites is 1. The Morgan fingerprint density at radius 1 is 1.00 bits per heavy atom. The van der Waals surface area contributed by atoms with Gasteiger partial charge in [-0.2, -0.15) is 0 Å². The highest BCUT2D eigenvalue weighted by Gasteiger charge is 2.38. The fourth-order valence-electron chi connectivity index (χ4n) is 3.63. The molecule has 1 aliphatic carbocycles. The molecule has 0 aromatic heterocycles. The van der Waals surface area contributed by atoms with Gasteiger partial charge in [0.15, 0.2) is 5.78 Å². The van der Waals surface area contributed by atoms with Crippen LogP contribution in [0.5, 0.6) is 0 Å². The van der Waals surface area contributed by atoms with Gasteiger partial charge in [0.25, 0.3) is 0 Å². The summed E-state index contributed by atoms with van der Waals surface area (Å²) in [6.07, 6.45) is 1.53. The van der Waals surface area contributed by atoms with E-state index in [4.69, 9.17) is 0 Å². The summed E-state index contributed by atoms with van der Waals surface area (Å²) in [6.45, 7) is 4.36. The van der Waals surface area contributed by atoms with Crippen molar-refractivity contribution in [3.05, 3.63) is 71.4 Å². The predicted octanol–water partition coefficient (Wildman–Crippen LogP) is 5.59. The van der Waals surface area contributed by atoms with E-state index in [1.54, 1.807) is 11.8 Å². The normalized spacial score (nSPS) is 22.2. The fraction of sp³-hybridized carbons (Fsp3) is 0.286. The molecule has 1 heterocycles. The molecule has 1 unspecified atom stereocenters. The molecule has 122 valence electrons. The van der Waals surface area contributed by atoms with Gasteiger partial charge in [0.1, 0.15) is 0 Å². The Morgan fingerprint density at radius 3 is 2.50 bits per heavy atom. The number of carbonyl (C=O) groups is 1. The quantitative estimate of drug-likeness (QED) is 0.736. The molecular weight excluding hydrogens is 314 g/mol. The van der Waals surface area contributed by atoms with E-state index < -0.39 is 0 Å². The topological polar surface area (TPSA) is 29.1 Å². The van der Waals surface area contributed by atoms with E-state index in [0.29, 0.717) is 6.42 Å². The first-order chi connectivity index (χ1) is 11.5. The van der Waals surface area contributed by atoms with Gasteiger partial charge in [-0.15, -0.1) is 11.8 Å². The average Bonchev–Trinajstić information content (AvgIpc) is 2.70. The zero-order chi connectivity index (χ0) is 16.7. The Bertz CT molecular complexity index is 823. The minimum atomic E-state index is 0.00804. The van der Waals surface area contributed by atoms with Crippen LogP contribution in [0.15, 0.2) is 70.8 Å². The van der Waals surface area contributed by atoms with Crippen molar-refractivity contribution in [1.82, 2.24) is 0 Å². The lowest BCUT2D eigenvalue weighted by molar-refractivity contribution is -0.118. The molecule has 2 aromatic carbocycles. The molecule has 3 heteroatoms. The third-order valence-corrected chi connectivity index (χ3v) is 6.06. The highest BCUT2D eigenvalue weighted by atomic mass is 32.2. The van der Waals surface area contributed by atoms with Gasteiger partial charge in [-0.1, -0.05) is 56.3 Å². The minimum absolute atomic E-state index is 0.00804. The van der Waals surface area contributed by atoms with Crippen molar-refractivity contribution >= 4 is 23.2 Å². The molecule has 0 saturated heterocycles. The SMILES string of the molecule is CC1(C)CC(=O)C2=C(C1)Nc1ccccc1SC2c1ccccc1. The lowest BCUT2D eigenvalue weighted by atomic mass is 9.74. The van der Waals surface area contributed by atoms with Crippen LogP contribution >= 0.6 is 11.8 Å². The molecule has 0 radical (unpaired) electrons. The molecule has 2 aliphatic rings. The standard InChI is InChI=1S/C21H21NOS/c1-21(2)12-16-19(17(23)13-21)20(14-8-4-3-5-9-14)24-18-11-7-6-10-15(18)22-16/h3-11,20,22H,12-13H2,1-2H3. The van der Waals surface area contributed by atoms with Crippen LogP contribution in [0.3, 0.4) is 0 Å². The summed E-state index contributed by atoms with van der Waals surface area (Å²) in [4.78, 5) is 14.2. The molecule has 1 aliphatic heterocycles. The van der Waals surface area contributed by atoms with Crippen LogP contribution in [-0.4, -0.2) is 5.78 Å². The Morgan fingerprint density at radius 2 is 1.71 bits per heavy atom. The van der Waals surface area contributed by atoms with Gasteiger partial charge in [0.05, 0.1) is 10.9 Å². The third kappa shape index (κ3) is 2.78. The van der Waals surface area contributed by atoms with Crippen molar-refractivity contribution in [3.63, 3.8) is 0 Å². The van der Waals surface area contributed by atoms with Gasteiger partial charge in [-0.3, -0.25) is 4.79 Å². The largest absolute Gasteiger partial charge is 0.358 e. The fourth-order valence-corrected chi connectivity index (χ4v) is 4.98. The molecule has 1 atom stereocenters. The van der Waals surface area contributed by atoms with Crippen molar-refractivity contribution in [3.8, 4) is 0 Å². The molecule has 4 rings (SSSR count). The maximum atomic E-state index is 13.0. The third-order valence-electron chi connectivity index (χ3n) is 4.70. The van der Waals surface area contributed by atoms with Crippen LogP contribution in [-0.2, 0) is 4.79 Å². The van der Waals surface area contributed by atoms with Gasteiger partial charge in [-0.25, -0.2) is 0 Å². The molecule has 0 fully saturated rings. The molecule has 2 aromatic rings. The van der Waals surface area contributed by atoms with Crippen molar-refractivity contribution in [2.24, 2.45) is 5.41 Å². The van der Waals surface area contributed by atoms with E-state index in [1.165, 1.54) is 10.5 Å². The molecule has 24 heavy (non-hydrogen) atoms. The van der Waals surface area contributed by atoms with Crippen LogP contribution in [0.1, 0.15) is 37.5 Å². The molecule has 0 saturated carbocycles. The Kier molecular flexibility index (Phi) is 3.76. The van der Waals surface area contributed by atoms with E-state index in [-0.39, 0.29) is 16.4 Å². The predicted molar refractivity (Wildman–Crippen MR) is 100 cm³/mol. The molecule has 2 nitrogen and oxygen atoms in total. The Hall–Kier alpha value is -2.00. The first-order valence-electron chi connectivity index (χ1n) is 8.37. The minimum Gasteiger partial charge on any atom is -0.358 e. The molecule has 0 spiro atoms. The first-order valence-corrected chi connectivity index (χ1v) is 9.25. The van der Waals surface area contributed by atoms with E-state index in [2.05, 4.69) is 61.6 Å². The number of rotatable bonds is 1. The van der Waals surface area contributed by atoms with Crippen molar-refractivity contribution < 1.29 is 4.79 Å². The second kappa shape index (κ2) is 5.82. The number of carbonyl (C=O) groups excluding carboxylic acids is 1. The van der Waals surface area contributed by atoms with Gasteiger partial charge in [0, 0.05) is 22.6 Å². The van der Waals surface area contributed by atoms with Crippen molar-refractivity contribution in [2.75, 3.05) is 5.32 Å². The summed E-state index contributed by atoms with van der Waals surface area (Å²) in [7, 11) is 0. The maximum Gasteiger partial charge on any atom is 0.162 e. The van der Waals surface area contributed by atoms with E-state index in [0.717, 1.165) is 23.4 Å². The van der Waals surface area contributed by atoms with Crippen molar-refractivity contribution in [2.45, 2.75) is 36.8 Å². The number of hydrogen-bond acceptors (Lipinski definition) is 3. The number of fused-ring (bicyclic) bond motifs is 1. The maximum absolute atomic E-state index is 13.0. The second-order valence-corrected chi connectivity index (χ2v) is 8.51. The number of allylic oxidation sites excluding steroid dienone is 1. The summed E-state index contributed by atoms with van der Waals surface area (Å²) in [5.74, 6) is 0.280. The van der Waals surface area contributed by atoms with Crippen LogP contribution in [0.2, 0.25) is 0 Å². The highest BCUT2D eigenvalue weighted by Crippen LogP contribution is 2.51. The van der Waals surface area contributed by atoms with Crippen LogP contribution in [0.25, 0.3) is 0 Å². The van der Waals surface area contributed by atoms with Gasteiger partial charge < -0.3 is 5.32 Å². The molecule has 0 amide bonds. The summed E-state index contributed by atoms with van der Waals surface area (Å²) in [5.41, 5.74) is 4.37. The summed E-state index contributed by atoms with van der Waals surface area (Å²) >= 11 is 1.78. The number of nitrogens with one attached hydrogen (secondary N) is 1. The van der Waals surface area contributed by atoms with E-state index >= 15 is 0 Å². The summed E-state index contributed by atoms with van der Waals surface area (Å²) < 4.78 is 0. The van der Waals surface area contributed by atoms with Crippen molar-refractivity contribution in [1.29, 1.82) is 0 Å². The number of ketones is 1. The van der Waals surface area contributed by atoms with Crippen LogP contribution < -0.4 is 5.32 Å². The monoisotopic (exact) mass is 335 g/mol. The number of hydrogen-bond donors (Lipinski definition) is 1. The van der Waals surface area contributed by atoms with Crippen LogP contribution in [0, 0.1) is 5.41 Å². The van der Waals surface area contributed by atoms with Gasteiger partial charge in [-0.05, 0) is 29.5 Å². The highest BCUT2D eigenvalue weighted by molar-refractivity contribution is 8.00. The Labute approximate surface area is 147 Å². The number of anilines is 1. The lowest BCUT2D eigenvalue weighted by Crippen LogP contribution is -2.29. The smallest absolute Gasteiger partial charge is 0.162 e. The summed E-state index contributed by atoms with van der Waals surface area (Å²) in [5, 5.41) is 3.64. The molecule has 1 N–H and O–H groups in total. The zero-order valence-corrected chi connectivity index (χ0v) is 14.8. The zero-order valence-electron chi connectivity index (χ0n) is 14.0. The molecule has 0 bridgehead atoms. The average molecular weight is 335 g/mol. The molecular formula is C21H21NOS. The first kappa shape index (κ1) is 15.5. The second-order valence-electron chi connectivity index (χ2n) is 7.36. The van der Waals surface area contributed by atoms with E-state index in [9.17, 15) is 4.79 Å². The number of Topliss-reactive ketones (excluding diaryl/α,β-unsaturated/α-hetero) is 1. The summed E-state index contributed by atoms with van der Waals surface area (Å²) in [6, 6.07) is 18.7. The lowest BCUT2D eigenvalue weighted by Gasteiger charge is -2.33. The van der Waals surface area contributed by atoms with Crippen LogP contribution in [0.4, 0.5) is 5.69 Å². The van der Waals surface area contributed by atoms with Gasteiger partial charge >= 0.3 is 0 Å². The number of thioether (sulfide) groups is 1. The van der Waals surface area contributed by atoms with E-state index in [1.807, 2.05) is 12.1 Å². The van der Waals surface area contributed by atoms with Gasteiger partial charge in [0.2, 0.25) is 0 Å². The number of benzene rings is 2. The Balaban J connectivity index is 1.89.